The van der Waals surface area contributed by atoms with E-state index in [1.54, 1.807) is 6.92 Å². The number of aromatic nitrogens is 2. The Bertz CT molecular complexity index is 269. The Morgan fingerprint density at radius 2 is 2.42 bits per heavy atom. The zero-order chi connectivity index (χ0) is 8.97. The molecule has 0 bridgehead atoms. The molecule has 0 atom stereocenters. The van der Waals surface area contributed by atoms with Crippen molar-refractivity contribution in [1.29, 1.82) is 0 Å². The molecule has 0 aliphatic carbocycles. The highest BCUT2D eigenvalue weighted by Gasteiger charge is 2.06. The second-order valence-corrected chi connectivity index (χ2v) is 2.31. The lowest BCUT2D eigenvalue weighted by Gasteiger charge is -1.93. The molecule has 0 saturated carbocycles. The molecule has 1 heterocycles. The second-order valence-electron chi connectivity index (χ2n) is 2.31. The Balaban J connectivity index is 2.38. The van der Waals surface area contributed by atoms with Gasteiger partial charge in [-0.1, -0.05) is 5.16 Å². The summed E-state index contributed by atoms with van der Waals surface area (Å²) in [6.45, 7) is 1.73. The molecule has 0 unspecified atom stereocenters. The van der Waals surface area contributed by atoms with Crippen LogP contribution >= 0.6 is 0 Å². The number of hydrogen-bond donors (Lipinski definition) is 0. The van der Waals surface area contributed by atoms with Gasteiger partial charge in [-0.3, -0.25) is 4.79 Å². The Kier molecular flexibility index (Phi) is 2.79. The molecule has 0 radical (unpaired) electrons. The molecule has 0 N–H and O–H groups in total. The van der Waals surface area contributed by atoms with Crippen molar-refractivity contribution >= 4 is 5.97 Å². The van der Waals surface area contributed by atoms with Crippen LogP contribution in [0.2, 0.25) is 0 Å². The van der Waals surface area contributed by atoms with Crippen LogP contribution in [-0.4, -0.2) is 23.2 Å². The van der Waals surface area contributed by atoms with Gasteiger partial charge in [0.05, 0.1) is 13.5 Å². The van der Waals surface area contributed by atoms with Gasteiger partial charge in [-0.15, -0.1) is 0 Å². The maximum absolute atomic E-state index is 10.7. The highest BCUT2D eigenvalue weighted by Crippen LogP contribution is 2.00. The van der Waals surface area contributed by atoms with E-state index in [-0.39, 0.29) is 12.4 Å². The fourth-order valence-corrected chi connectivity index (χ4v) is 0.753. The zero-order valence-electron chi connectivity index (χ0n) is 7.03. The average Bonchev–Trinajstić information content (AvgIpc) is 2.47. The quantitative estimate of drug-likeness (QED) is 0.617. The highest BCUT2D eigenvalue weighted by atomic mass is 16.5. The van der Waals surface area contributed by atoms with Crippen molar-refractivity contribution < 1.29 is 14.1 Å². The SMILES string of the molecule is COC(=O)CCc1nc(C)no1. The van der Waals surface area contributed by atoms with Gasteiger partial charge >= 0.3 is 5.97 Å². The van der Waals surface area contributed by atoms with Crippen molar-refractivity contribution in [2.24, 2.45) is 0 Å². The lowest BCUT2D eigenvalue weighted by molar-refractivity contribution is -0.140. The fraction of sp³-hybridized carbons (Fsp3) is 0.571. The molecular formula is C7H10N2O3. The minimum Gasteiger partial charge on any atom is -0.469 e. The van der Waals surface area contributed by atoms with Crippen molar-refractivity contribution in [3.05, 3.63) is 11.7 Å². The number of methoxy groups -OCH3 is 1. The second kappa shape index (κ2) is 3.85. The van der Waals surface area contributed by atoms with E-state index >= 15 is 0 Å². The molecule has 12 heavy (non-hydrogen) atoms. The number of nitrogens with zero attached hydrogens (tertiary/aromatic N) is 2. The Labute approximate surface area is 69.7 Å². The first-order valence-electron chi connectivity index (χ1n) is 3.58. The normalized spacial score (nSPS) is 9.83. The first-order valence-corrected chi connectivity index (χ1v) is 3.58. The maximum Gasteiger partial charge on any atom is 0.306 e. The van der Waals surface area contributed by atoms with Gasteiger partial charge in [-0.25, -0.2) is 0 Å². The van der Waals surface area contributed by atoms with E-state index < -0.39 is 0 Å². The molecule has 1 aromatic rings. The third kappa shape index (κ3) is 2.34. The van der Waals surface area contributed by atoms with Gasteiger partial charge in [-0.2, -0.15) is 4.98 Å². The fourth-order valence-electron chi connectivity index (χ4n) is 0.753. The molecule has 0 amide bonds. The minimum atomic E-state index is -0.272. The Hall–Kier alpha value is -1.39. The summed E-state index contributed by atoms with van der Waals surface area (Å²) >= 11 is 0. The van der Waals surface area contributed by atoms with E-state index in [2.05, 4.69) is 14.9 Å². The van der Waals surface area contributed by atoms with E-state index in [0.29, 0.717) is 18.1 Å². The third-order valence-corrected chi connectivity index (χ3v) is 1.34. The molecule has 0 fully saturated rings. The molecule has 1 aromatic heterocycles. The molecule has 0 saturated heterocycles. The number of carbonyl (C=O) groups excluding carboxylic acids is 1. The zero-order valence-corrected chi connectivity index (χ0v) is 7.03. The standard InChI is InChI=1S/C7H10N2O3/c1-5-8-6(12-9-5)3-4-7(10)11-2/h3-4H2,1-2H3. The van der Waals surface area contributed by atoms with Gasteiger partial charge in [0.25, 0.3) is 0 Å². The summed E-state index contributed by atoms with van der Waals surface area (Å²) in [6, 6.07) is 0. The summed E-state index contributed by atoms with van der Waals surface area (Å²) in [7, 11) is 1.35. The number of aryl methyl sites for hydroxylation is 2. The molecule has 5 heteroatoms. The van der Waals surface area contributed by atoms with Crippen LogP contribution in [0.25, 0.3) is 0 Å². The van der Waals surface area contributed by atoms with Gasteiger partial charge < -0.3 is 9.26 Å². The van der Waals surface area contributed by atoms with Gasteiger partial charge in [0, 0.05) is 6.42 Å². The molecule has 66 valence electrons. The lowest BCUT2D eigenvalue weighted by Crippen LogP contribution is -2.01. The number of carbonyl (C=O) groups is 1. The van der Waals surface area contributed by atoms with E-state index in [9.17, 15) is 4.79 Å². The van der Waals surface area contributed by atoms with Crippen LogP contribution in [0.15, 0.2) is 4.52 Å². The van der Waals surface area contributed by atoms with Crippen LogP contribution in [0.3, 0.4) is 0 Å². The first-order chi connectivity index (χ1) is 5.72. The predicted molar refractivity (Wildman–Crippen MR) is 39.4 cm³/mol. The molecule has 0 spiro atoms. The van der Waals surface area contributed by atoms with Crippen LogP contribution < -0.4 is 0 Å². The number of rotatable bonds is 3. The maximum atomic E-state index is 10.7. The monoisotopic (exact) mass is 170 g/mol. The highest BCUT2D eigenvalue weighted by molar-refractivity contribution is 5.69. The first kappa shape index (κ1) is 8.70. The average molecular weight is 170 g/mol. The van der Waals surface area contributed by atoms with Crippen LogP contribution in [0.1, 0.15) is 18.1 Å². The van der Waals surface area contributed by atoms with E-state index in [0.717, 1.165) is 0 Å². The minimum absolute atomic E-state index is 0.272. The number of hydrogen-bond acceptors (Lipinski definition) is 5. The summed E-state index contributed by atoms with van der Waals surface area (Å²) in [5.41, 5.74) is 0. The van der Waals surface area contributed by atoms with E-state index in [4.69, 9.17) is 4.52 Å². The predicted octanol–water partition coefficient (Wildman–Crippen LogP) is 0.484. The van der Waals surface area contributed by atoms with Crippen LogP contribution in [0, 0.1) is 6.92 Å². The van der Waals surface area contributed by atoms with Gasteiger partial charge in [-0.05, 0) is 6.92 Å². The van der Waals surface area contributed by atoms with Crippen molar-refractivity contribution in [2.75, 3.05) is 7.11 Å². The molecule has 0 aliphatic rings. The van der Waals surface area contributed by atoms with Crippen molar-refractivity contribution in [2.45, 2.75) is 19.8 Å². The van der Waals surface area contributed by atoms with Gasteiger partial charge in [0.1, 0.15) is 0 Å². The summed E-state index contributed by atoms with van der Waals surface area (Å²) in [5, 5.41) is 3.58. The lowest BCUT2D eigenvalue weighted by atomic mass is 10.3. The van der Waals surface area contributed by atoms with Gasteiger partial charge in [0.15, 0.2) is 5.82 Å². The summed E-state index contributed by atoms with van der Waals surface area (Å²) < 4.78 is 9.24. The van der Waals surface area contributed by atoms with Crippen molar-refractivity contribution in [3.63, 3.8) is 0 Å². The third-order valence-electron chi connectivity index (χ3n) is 1.34. The number of esters is 1. The van der Waals surface area contributed by atoms with Crippen molar-refractivity contribution in [3.8, 4) is 0 Å². The summed E-state index contributed by atoms with van der Waals surface area (Å²) in [5.74, 6) is 0.776. The van der Waals surface area contributed by atoms with Gasteiger partial charge in [0.2, 0.25) is 5.89 Å². The topological polar surface area (TPSA) is 65.2 Å². The molecular weight excluding hydrogens is 160 g/mol. The van der Waals surface area contributed by atoms with Crippen molar-refractivity contribution in [1.82, 2.24) is 10.1 Å². The van der Waals surface area contributed by atoms with Crippen LogP contribution in [0.5, 0.6) is 0 Å². The smallest absolute Gasteiger partial charge is 0.306 e. The molecule has 1 rings (SSSR count). The molecule has 0 aromatic carbocycles. The summed E-state index contributed by atoms with van der Waals surface area (Å²) in [6.07, 6.45) is 0.714. The summed E-state index contributed by atoms with van der Waals surface area (Å²) in [4.78, 5) is 14.6. The largest absolute Gasteiger partial charge is 0.469 e. The Morgan fingerprint density at radius 3 is 2.92 bits per heavy atom. The van der Waals surface area contributed by atoms with Crippen LogP contribution in [-0.2, 0) is 16.0 Å². The van der Waals surface area contributed by atoms with Crippen LogP contribution in [0.4, 0.5) is 0 Å². The molecule has 0 aliphatic heterocycles. The van der Waals surface area contributed by atoms with E-state index in [1.165, 1.54) is 7.11 Å². The molecule has 5 nitrogen and oxygen atoms in total. The number of ether oxygens (including phenoxy) is 1. The Morgan fingerprint density at radius 1 is 1.67 bits per heavy atom. The van der Waals surface area contributed by atoms with E-state index in [1.807, 2.05) is 0 Å².